The van der Waals surface area contributed by atoms with Gasteiger partial charge in [0.2, 0.25) is 11.8 Å². The minimum absolute atomic E-state index is 0.107. The van der Waals surface area contributed by atoms with E-state index >= 15 is 0 Å². The quantitative estimate of drug-likeness (QED) is 0.428. The Labute approximate surface area is 183 Å². The fourth-order valence-electron chi connectivity index (χ4n) is 3.61. The Bertz CT molecular complexity index is 543. The first-order valence-corrected chi connectivity index (χ1v) is 11.3. The third-order valence-electron chi connectivity index (χ3n) is 5.51. The van der Waals surface area contributed by atoms with Crippen LogP contribution in [-0.4, -0.2) is 55.8 Å². The minimum atomic E-state index is -2.39. The maximum absolute atomic E-state index is 12.1. The molecule has 6 nitrogen and oxygen atoms in total. The molecule has 0 aromatic heterocycles. The molecule has 4 N–H and O–H groups in total. The van der Waals surface area contributed by atoms with E-state index in [-0.39, 0.29) is 24.9 Å². The van der Waals surface area contributed by atoms with Crippen molar-refractivity contribution in [1.29, 1.82) is 0 Å². The molecule has 0 radical (unpaired) electrons. The van der Waals surface area contributed by atoms with Gasteiger partial charge in [-0.3, -0.25) is 9.59 Å². The Kier molecular flexibility index (Phi) is 13.1. The van der Waals surface area contributed by atoms with Gasteiger partial charge >= 0.3 is 0 Å². The van der Waals surface area contributed by atoms with E-state index in [2.05, 4.69) is 27.8 Å². The van der Waals surface area contributed by atoms with E-state index in [1.54, 1.807) is 0 Å². The zero-order valence-electron chi connectivity index (χ0n) is 18.1. The van der Waals surface area contributed by atoms with Crippen LogP contribution in [0.3, 0.4) is 0 Å². The number of carbonyl (C=O) groups excluding carboxylic acids is 2. The van der Waals surface area contributed by atoms with E-state index in [4.69, 9.17) is 11.6 Å². The third kappa shape index (κ3) is 10.7. The summed E-state index contributed by atoms with van der Waals surface area (Å²) in [5, 5.41) is 11.0. The van der Waals surface area contributed by atoms with Crippen molar-refractivity contribution in [1.82, 2.24) is 21.3 Å². The van der Waals surface area contributed by atoms with E-state index in [9.17, 15) is 18.4 Å². The molecule has 2 amide bonds. The predicted molar refractivity (Wildman–Crippen MR) is 117 cm³/mol. The first-order valence-electron chi connectivity index (χ1n) is 10.8. The standard InChI is InChI=1S/C14H24ClNO.C7H13F2N3O/c1-3-11(2)16-14(17)9-5-7-12-6-4-8-13(15)10-12;1-10-7(13)5-3-11-4(2-12-5)6(8)9/h12-13H,2-10H2,1H3,(H,16,17);4-6,11-12H,2-3H2,1H3,(H,10,13). The van der Waals surface area contributed by atoms with Gasteiger partial charge in [0.25, 0.3) is 6.43 Å². The van der Waals surface area contributed by atoms with E-state index in [1.165, 1.54) is 19.9 Å². The first-order chi connectivity index (χ1) is 14.3. The maximum atomic E-state index is 12.1. The molecule has 9 heteroatoms. The van der Waals surface area contributed by atoms with Crippen LogP contribution >= 0.6 is 11.6 Å². The number of hydrogen-bond donors (Lipinski definition) is 4. The van der Waals surface area contributed by atoms with Gasteiger partial charge in [0, 0.05) is 37.6 Å². The summed E-state index contributed by atoms with van der Waals surface area (Å²) < 4.78 is 24.3. The zero-order valence-corrected chi connectivity index (χ0v) is 18.9. The molecule has 4 unspecified atom stereocenters. The van der Waals surface area contributed by atoms with Crippen LogP contribution in [0, 0.1) is 5.92 Å². The molecule has 4 atom stereocenters. The number of halogens is 3. The molecule has 1 saturated carbocycles. The highest BCUT2D eigenvalue weighted by Crippen LogP contribution is 2.31. The number of rotatable bonds is 8. The summed E-state index contributed by atoms with van der Waals surface area (Å²) in [6, 6.07) is -1.25. The molecule has 0 aromatic carbocycles. The van der Waals surface area contributed by atoms with Gasteiger partial charge in [-0.2, -0.15) is 0 Å². The van der Waals surface area contributed by atoms with Gasteiger partial charge < -0.3 is 21.3 Å². The van der Waals surface area contributed by atoms with Crippen LogP contribution in [0.2, 0.25) is 0 Å². The molecule has 2 rings (SSSR count). The van der Waals surface area contributed by atoms with Crippen molar-refractivity contribution >= 4 is 23.4 Å². The lowest BCUT2D eigenvalue weighted by Gasteiger charge is -2.29. The van der Waals surface area contributed by atoms with Crippen molar-refractivity contribution in [2.75, 3.05) is 20.1 Å². The molecule has 2 fully saturated rings. The van der Waals surface area contributed by atoms with Crippen molar-refractivity contribution in [3.05, 3.63) is 12.3 Å². The Morgan fingerprint density at radius 3 is 2.50 bits per heavy atom. The fraction of sp³-hybridized carbons (Fsp3) is 0.810. The van der Waals surface area contributed by atoms with Crippen LogP contribution in [-0.2, 0) is 9.59 Å². The lowest BCUT2D eigenvalue weighted by atomic mass is 9.85. The molecular formula is C21H37ClF2N4O2. The molecule has 174 valence electrons. The summed E-state index contributed by atoms with van der Waals surface area (Å²) >= 11 is 6.15. The van der Waals surface area contributed by atoms with Crippen molar-refractivity contribution in [3.63, 3.8) is 0 Å². The van der Waals surface area contributed by atoms with Crippen molar-refractivity contribution in [3.8, 4) is 0 Å². The lowest BCUT2D eigenvalue weighted by Crippen LogP contribution is -2.61. The average molecular weight is 451 g/mol. The molecule has 1 saturated heterocycles. The van der Waals surface area contributed by atoms with Crippen molar-refractivity contribution in [2.45, 2.75) is 82.2 Å². The summed E-state index contributed by atoms with van der Waals surface area (Å²) in [7, 11) is 1.52. The van der Waals surface area contributed by atoms with Gasteiger partial charge in [0.05, 0.1) is 12.1 Å². The van der Waals surface area contributed by atoms with Crippen LogP contribution in [0.4, 0.5) is 8.78 Å². The molecule has 0 aromatic rings. The van der Waals surface area contributed by atoms with Gasteiger partial charge in [-0.15, -0.1) is 11.6 Å². The number of carbonyl (C=O) groups is 2. The van der Waals surface area contributed by atoms with Gasteiger partial charge in [-0.25, -0.2) is 8.78 Å². The second-order valence-corrected chi connectivity index (χ2v) is 8.57. The van der Waals surface area contributed by atoms with Gasteiger partial charge in [-0.1, -0.05) is 26.3 Å². The van der Waals surface area contributed by atoms with E-state index in [0.29, 0.717) is 11.8 Å². The molecule has 0 spiro atoms. The topological polar surface area (TPSA) is 82.3 Å². The zero-order chi connectivity index (χ0) is 22.5. The average Bonchev–Trinajstić information content (AvgIpc) is 2.73. The highest BCUT2D eigenvalue weighted by molar-refractivity contribution is 6.20. The monoisotopic (exact) mass is 450 g/mol. The maximum Gasteiger partial charge on any atom is 0.254 e. The van der Waals surface area contributed by atoms with Gasteiger partial charge in [-0.05, 0) is 38.0 Å². The van der Waals surface area contributed by atoms with Crippen LogP contribution in [0.25, 0.3) is 0 Å². The lowest BCUT2D eigenvalue weighted by molar-refractivity contribution is -0.123. The second kappa shape index (κ2) is 14.7. The first kappa shape index (κ1) is 26.8. The number of amides is 2. The molecule has 0 bridgehead atoms. The number of piperazine rings is 1. The highest BCUT2D eigenvalue weighted by Gasteiger charge is 2.29. The minimum Gasteiger partial charge on any atom is -0.358 e. The molecule has 30 heavy (non-hydrogen) atoms. The number of nitrogens with one attached hydrogen (secondary N) is 4. The van der Waals surface area contributed by atoms with E-state index < -0.39 is 18.5 Å². The summed E-state index contributed by atoms with van der Waals surface area (Å²) in [6.07, 6.45) is 5.96. The molecular weight excluding hydrogens is 414 g/mol. The number of hydrogen-bond acceptors (Lipinski definition) is 4. The van der Waals surface area contributed by atoms with Crippen LogP contribution in [0.5, 0.6) is 0 Å². The third-order valence-corrected chi connectivity index (χ3v) is 5.91. The summed E-state index contributed by atoms with van der Waals surface area (Å²) in [6.45, 7) is 6.13. The smallest absolute Gasteiger partial charge is 0.254 e. The largest absolute Gasteiger partial charge is 0.358 e. The second-order valence-electron chi connectivity index (χ2n) is 7.95. The fourth-order valence-corrected chi connectivity index (χ4v) is 4.01. The molecule has 1 aliphatic carbocycles. The molecule has 1 heterocycles. The summed E-state index contributed by atoms with van der Waals surface area (Å²) in [5.74, 6) is 0.656. The van der Waals surface area contributed by atoms with Crippen LogP contribution in [0.15, 0.2) is 12.3 Å². The Morgan fingerprint density at radius 1 is 1.23 bits per heavy atom. The van der Waals surface area contributed by atoms with E-state index in [1.807, 2.05) is 6.92 Å². The summed E-state index contributed by atoms with van der Waals surface area (Å²) in [5.41, 5.74) is 0.813. The van der Waals surface area contributed by atoms with Crippen molar-refractivity contribution < 1.29 is 18.4 Å². The van der Waals surface area contributed by atoms with Gasteiger partial charge in [0.15, 0.2) is 0 Å². The highest BCUT2D eigenvalue weighted by atomic mass is 35.5. The Balaban J connectivity index is 0.000000311. The molecule has 1 aliphatic heterocycles. The van der Waals surface area contributed by atoms with Crippen LogP contribution < -0.4 is 21.3 Å². The van der Waals surface area contributed by atoms with Gasteiger partial charge in [0.1, 0.15) is 0 Å². The Morgan fingerprint density at radius 2 is 1.97 bits per heavy atom. The van der Waals surface area contributed by atoms with E-state index in [0.717, 1.165) is 43.7 Å². The Hall–Kier alpha value is -1.25. The van der Waals surface area contributed by atoms with Crippen LogP contribution in [0.1, 0.15) is 58.3 Å². The summed E-state index contributed by atoms with van der Waals surface area (Å²) in [4.78, 5) is 22.6. The SMILES string of the molecule is C=C(CC)NC(=O)CCCC1CCCC(Cl)C1.CNC(=O)C1CNC(C(F)F)CN1. The number of allylic oxidation sites excluding steroid dienone is 1. The van der Waals surface area contributed by atoms with Crippen molar-refractivity contribution in [2.24, 2.45) is 5.92 Å². The predicted octanol–water partition coefficient (Wildman–Crippen LogP) is 2.92. The number of likely N-dealkylation sites (N-methyl/N-ethyl adjacent to an activating group) is 1. The number of alkyl halides is 3. The normalized spacial score (nSPS) is 26.3. The molecule has 2 aliphatic rings.